The summed E-state index contributed by atoms with van der Waals surface area (Å²) in [5.74, 6) is 2.39. The van der Waals surface area contributed by atoms with Crippen molar-refractivity contribution in [1.82, 2.24) is 0 Å². The maximum atomic E-state index is 17.9. The van der Waals surface area contributed by atoms with Gasteiger partial charge in [0.15, 0.2) is 7.14 Å². The number of anilines is 3. The maximum absolute atomic E-state index is 17.9. The van der Waals surface area contributed by atoms with Crippen molar-refractivity contribution in [2.75, 3.05) is 4.90 Å². The molecular weight excluding hydrogens is 1020 g/mol. The third kappa shape index (κ3) is 6.04. The molecule has 3 aliphatic carbocycles. The van der Waals surface area contributed by atoms with Gasteiger partial charge in [0.1, 0.15) is 28.3 Å². The van der Waals surface area contributed by atoms with E-state index in [9.17, 15) is 0 Å². The van der Waals surface area contributed by atoms with Crippen LogP contribution < -0.4 is 30.3 Å². The van der Waals surface area contributed by atoms with Crippen LogP contribution in [-0.4, -0.2) is 0 Å². The number of hydrogen-bond acceptors (Lipinski definition) is 4. The number of fused-ring (bicyclic) bond motifs is 16. The fourth-order valence-electron chi connectivity index (χ4n) is 15.2. The Morgan fingerprint density at radius 1 is 0.354 bits per heavy atom. The first kappa shape index (κ1) is 46.1. The van der Waals surface area contributed by atoms with Crippen LogP contribution in [0.5, 0.6) is 23.0 Å². The van der Waals surface area contributed by atoms with Gasteiger partial charge in [-0.25, -0.2) is 0 Å². The largest absolute Gasteiger partial charge is 0.455 e. The van der Waals surface area contributed by atoms with E-state index >= 15 is 4.57 Å². The number of nitrogens with zero attached hydrogens (tertiary/aromatic N) is 1. The average Bonchev–Trinajstić information content (AvgIpc) is 1.21. The number of ether oxygens (including phenoxy) is 2. The van der Waals surface area contributed by atoms with E-state index in [1.54, 1.807) is 0 Å². The highest BCUT2D eigenvalue weighted by atomic mass is 31.2. The van der Waals surface area contributed by atoms with E-state index in [0.29, 0.717) is 38.9 Å². The Balaban J connectivity index is 0.873. The Bertz CT molecular complexity index is 4830. The predicted molar refractivity (Wildman–Crippen MR) is 334 cm³/mol. The van der Waals surface area contributed by atoms with E-state index in [4.69, 9.17) is 9.47 Å². The monoisotopic (exact) mass is 1070 g/mol. The molecule has 1 atom stereocenters. The molecule has 386 valence electrons. The Hall–Kier alpha value is -9.73. The molecule has 82 heavy (non-hydrogen) atoms. The molecule has 0 radical (unpaired) electrons. The molecule has 0 saturated carbocycles. The Morgan fingerprint density at radius 2 is 0.756 bits per heavy atom. The van der Waals surface area contributed by atoms with E-state index in [-0.39, 0.29) is 0 Å². The zero-order valence-electron chi connectivity index (χ0n) is 45.1. The van der Waals surface area contributed by atoms with Crippen molar-refractivity contribution in [1.29, 1.82) is 0 Å². The molecule has 1 unspecified atom stereocenters. The van der Waals surface area contributed by atoms with Crippen LogP contribution in [0.25, 0.3) is 66.8 Å². The van der Waals surface area contributed by atoms with Crippen molar-refractivity contribution in [3.8, 4) is 89.8 Å². The van der Waals surface area contributed by atoms with E-state index in [0.717, 1.165) is 63.3 Å². The smallest absolute Gasteiger partial charge is 0.189 e. The third-order valence-corrected chi connectivity index (χ3v) is 21.9. The quantitative estimate of drug-likeness (QED) is 0.165. The number of hydrogen-bond donors (Lipinski definition) is 0. The summed E-state index contributed by atoms with van der Waals surface area (Å²) in [6.07, 6.45) is 1.54. The van der Waals surface area contributed by atoms with Crippen LogP contribution >= 0.6 is 7.14 Å². The number of rotatable bonds is 3. The third-order valence-electron chi connectivity index (χ3n) is 18.7. The van der Waals surface area contributed by atoms with Crippen molar-refractivity contribution in [2.24, 2.45) is 0 Å². The summed E-state index contributed by atoms with van der Waals surface area (Å²) in [5, 5.41) is 2.03. The van der Waals surface area contributed by atoms with Crippen LogP contribution in [-0.2, 0) is 22.8 Å². The second-order valence-electron chi connectivity index (χ2n) is 23.1. The van der Waals surface area contributed by atoms with Crippen molar-refractivity contribution in [3.05, 3.63) is 298 Å². The summed E-state index contributed by atoms with van der Waals surface area (Å²) in [5.41, 5.74) is 28.2. The van der Waals surface area contributed by atoms with Gasteiger partial charge in [0.05, 0.1) is 27.4 Å². The fraction of sp³-hybridized carbons (Fsp3) is 0.0649. The second kappa shape index (κ2) is 16.7. The Morgan fingerprint density at radius 3 is 1.27 bits per heavy atom. The highest BCUT2D eigenvalue weighted by Crippen LogP contribution is 2.68. The van der Waals surface area contributed by atoms with Crippen LogP contribution in [0.15, 0.2) is 243 Å². The molecule has 4 nitrogen and oxygen atoms in total. The van der Waals surface area contributed by atoms with Gasteiger partial charge in [-0.1, -0.05) is 194 Å². The summed E-state index contributed by atoms with van der Waals surface area (Å²) in [6, 6.07) is 88.9. The lowest BCUT2D eigenvalue weighted by Gasteiger charge is -2.44. The lowest BCUT2D eigenvalue weighted by atomic mass is 9.70. The standard InChI is InChI=1S/C77H50NO3P/c1-45-27-31-53(32-28-45)78-68-37-35-58(50-29-33-57-52(43-50)42-49-17-5-7-19-55(49)54-18-6-3-15-47(54)41-48-16-4-8-20-56(48)57)72-74(68)82(79)75-69(78)38-36-59(73(75)81-71-40-46(2)39-70(80-72)76(71)82)51-30-34-63-62-23-11-14-26-66(62)77(67(63)44-51)64-24-12-9-21-60(64)61-22-10-13-25-65(61)77/h3-40,43-44H,41-42H2,1-2H3. The summed E-state index contributed by atoms with van der Waals surface area (Å²) < 4.78 is 32.7. The normalized spacial score (nSPS) is 16.0. The first-order valence-corrected chi connectivity index (χ1v) is 30.2. The minimum Gasteiger partial charge on any atom is -0.455 e. The Kier molecular flexibility index (Phi) is 9.37. The molecule has 5 heteroatoms. The summed E-state index contributed by atoms with van der Waals surface area (Å²) in [7, 11) is -3.80. The first-order valence-electron chi connectivity index (χ1n) is 28.5. The molecule has 0 aromatic heterocycles. The lowest BCUT2D eigenvalue weighted by Crippen LogP contribution is -2.42. The molecule has 12 aromatic rings. The SMILES string of the molecule is Cc1ccc(N2c3ccc(-c4ccc5c(c4)Cc4ccccc4-c4ccccc4Cc4ccccc4-5)c4c3P3(=O)c5c(cc(C)cc5Oc5c(-c6ccc7c(c6)C6(c8ccccc8-c8ccccc86)c6ccccc6-7)ccc2c53)O4)cc1. The minimum atomic E-state index is -3.80. The Labute approximate surface area is 476 Å². The van der Waals surface area contributed by atoms with Crippen molar-refractivity contribution < 1.29 is 14.0 Å². The van der Waals surface area contributed by atoms with Gasteiger partial charge in [0.2, 0.25) is 0 Å². The van der Waals surface area contributed by atoms with Crippen LogP contribution in [0.4, 0.5) is 17.1 Å². The number of benzene rings is 12. The van der Waals surface area contributed by atoms with Crippen LogP contribution in [0.3, 0.4) is 0 Å². The van der Waals surface area contributed by atoms with Crippen LogP contribution in [0, 0.1) is 13.8 Å². The van der Waals surface area contributed by atoms with Crippen molar-refractivity contribution in [3.63, 3.8) is 0 Å². The summed E-state index contributed by atoms with van der Waals surface area (Å²) >= 11 is 0. The molecule has 0 N–H and O–H groups in total. The molecule has 0 amide bonds. The van der Waals surface area contributed by atoms with Gasteiger partial charge in [-0.2, -0.15) is 0 Å². The van der Waals surface area contributed by atoms with Gasteiger partial charge in [0.25, 0.3) is 0 Å². The molecule has 18 rings (SSSR count). The summed E-state index contributed by atoms with van der Waals surface area (Å²) in [4.78, 5) is 2.29. The van der Waals surface area contributed by atoms with Gasteiger partial charge in [-0.05, 0) is 187 Å². The zero-order valence-corrected chi connectivity index (χ0v) is 46.0. The molecule has 0 fully saturated rings. The highest BCUT2D eigenvalue weighted by molar-refractivity contribution is 7.87. The zero-order chi connectivity index (χ0) is 54.2. The van der Waals surface area contributed by atoms with Crippen molar-refractivity contribution in [2.45, 2.75) is 32.1 Å². The van der Waals surface area contributed by atoms with E-state index in [1.807, 2.05) is 0 Å². The molecule has 0 bridgehead atoms. The van der Waals surface area contributed by atoms with Gasteiger partial charge in [-0.15, -0.1) is 0 Å². The molecule has 0 saturated heterocycles. The first-order chi connectivity index (χ1) is 40.3. The second-order valence-corrected chi connectivity index (χ2v) is 25.6. The fourth-order valence-corrected chi connectivity index (χ4v) is 18.7. The van der Waals surface area contributed by atoms with Crippen LogP contribution in [0.2, 0.25) is 0 Å². The van der Waals surface area contributed by atoms with E-state index in [2.05, 4.69) is 261 Å². The molecule has 3 heterocycles. The average molecular weight is 1070 g/mol. The van der Waals surface area contributed by atoms with E-state index in [1.165, 1.54) is 89.0 Å². The molecule has 3 aliphatic heterocycles. The summed E-state index contributed by atoms with van der Waals surface area (Å²) in [6.45, 7) is 4.19. The van der Waals surface area contributed by atoms with E-state index < -0.39 is 12.6 Å². The highest BCUT2D eigenvalue weighted by Gasteiger charge is 2.55. The molecule has 6 aliphatic rings. The van der Waals surface area contributed by atoms with Gasteiger partial charge in [0, 0.05) is 16.8 Å². The van der Waals surface area contributed by atoms with Gasteiger partial charge < -0.3 is 18.9 Å². The van der Waals surface area contributed by atoms with Crippen LogP contribution in [0.1, 0.15) is 55.6 Å². The number of aryl methyl sites for hydroxylation is 2. The lowest BCUT2D eigenvalue weighted by molar-refractivity contribution is 0.462. The predicted octanol–water partition coefficient (Wildman–Crippen LogP) is 18.4. The topological polar surface area (TPSA) is 38.8 Å². The van der Waals surface area contributed by atoms with Gasteiger partial charge >= 0.3 is 0 Å². The molecule has 1 spiro atoms. The molecular formula is C77H50NO3P. The maximum Gasteiger partial charge on any atom is 0.189 e. The van der Waals surface area contributed by atoms with Crippen molar-refractivity contribution >= 4 is 40.1 Å². The molecule has 12 aromatic carbocycles. The minimum absolute atomic E-state index is 0.536. The van der Waals surface area contributed by atoms with Gasteiger partial charge in [-0.3, -0.25) is 0 Å².